The summed E-state index contributed by atoms with van der Waals surface area (Å²) in [4.78, 5) is 0. The molecular weight excluding hydrogens is 395 g/mol. The van der Waals surface area contributed by atoms with Crippen molar-refractivity contribution in [3.8, 4) is 11.5 Å². The van der Waals surface area contributed by atoms with Gasteiger partial charge in [-0.1, -0.05) is 17.7 Å². The van der Waals surface area contributed by atoms with Crippen molar-refractivity contribution in [1.29, 1.82) is 0 Å². The maximum Gasteiger partial charge on any atom is 0.170 e. The number of benzene rings is 2. The maximum absolute atomic E-state index is 13.7. The van der Waals surface area contributed by atoms with Crippen molar-refractivity contribution in [3.05, 3.63) is 52.8 Å². The van der Waals surface area contributed by atoms with Crippen LogP contribution in [0.15, 0.2) is 36.4 Å². The largest absolute Gasteiger partial charge is 0.486 e. The molecule has 3 rings (SSSR count). The molecule has 0 saturated carbocycles. The molecule has 0 bridgehead atoms. The van der Waals surface area contributed by atoms with Crippen molar-refractivity contribution in [1.82, 2.24) is 5.32 Å². The molecule has 138 valence electrons. The molecule has 2 aromatic rings. The van der Waals surface area contributed by atoms with Gasteiger partial charge in [-0.2, -0.15) is 11.8 Å². The van der Waals surface area contributed by atoms with E-state index in [1.807, 2.05) is 18.2 Å². The van der Waals surface area contributed by atoms with Crippen molar-refractivity contribution in [2.45, 2.75) is 5.75 Å². The fourth-order valence-corrected chi connectivity index (χ4v) is 3.79. The van der Waals surface area contributed by atoms with Gasteiger partial charge in [-0.25, -0.2) is 4.39 Å². The summed E-state index contributed by atoms with van der Waals surface area (Å²) in [6.45, 7) is 1.77. The number of hydrogen-bond acceptors (Lipinski definition) is 4. The Morgan fingerprint density at radius 1 is 1.19 bits per heavy atom. The van der Waals surface area contributed by atoms with Gasteiger partial charge in [0, 0.05) is 40.4 Å². The first kappa shape index (κ1) is 19.1. The van der Waals surface area contributed by atoms with Gasteiger partial charge in [0.25, 0.3) is 0 Å². The summed E-state index contributed by atoms with van der Waals surface area (Å²) in [7, 11) is 0. The van der Waals surface area contributed by atoms with E-state index in [4.69, 9.17) is 33.3 Å². The summed E-state index contributed by atoms with van der Waals surface area (Å²) in [5.41, 5.74) is 1.37. The van der Waals surface area contributed by atoms with E-state index in [2.05, 4.69) is 10.6 Å². The molecular formula is C18H18ClFN2O2S2. The van der Waals surface area contributed by atoms with E-state index in [9.17, 15) is 4.39 Å². The molecule has 0 spiro atoms. The molecule has 0 aromatic heterocycles. The number of nitrogens with one attached hydrogen (secondary N) is 2. The third kappa shape index (κ3) is 5.16. The summed E-state index contributed by atoms with van der Waals surface area (Å²) in [5, 5.41) is 7.22. The van der Waals surface area contributed by atoms with Gasteiger partial charge >= 0.3 is 0 Å². The van der Waals surface area contributed by atoms with Gasteiger partial charge in [0.2, 0.25) is 0 Å². The second kappa shape index (κ2) is 9.30. The Hall–Kier alpha value is -1.70. The monoisotopic (exact) mass is 412 g/mol. The van der Waals surface area contributed by atoms with Crippen LogP contribution < -0.4 is 20.1 Å². The Balaban J connectivity index is 1.39. The van der Waals surface area contributed by atoms with E-state index in [1.54, 1.807) is 23.9 Å². The minimum absolute atomic E-state index is 0.270. The van der Waals surface area contributed by atoms with E-state index < -0.39 is 0 Å². The molecule has 2 N–H and O–H groups in total. The lowest BCUT2D eigenvalue weighted by atomic mass is 10.2. The molecule has 0 saturated heterocycles. The standard InChI is InChI=1S/C18H18ClFN2O2S2/c19-14-2-1-3-15(20)13(14)11-26-9-6-21-18(25)22-12-4-5-16-17(10-12)24-8-7-23-16/h1-5,10H,6-9,11H2,(H2,21,22,25). The molecule has 2 aromatic carbocycles. The number of ether oxygens (including phenoxy) is 2. The first-order valence-corrected chi connectivity index (χ1v) is 10.0. The lowest BCUT2D eigenvalue weighted by Gasteiger charge is -2.19. The number of thioether (sulfide) groups is 1. The second-order valence-corrected chi connectivity index (χ2v) is 7.41. The van der Waals surface area contributed by atoms with Gasteiger partial charge < -0.3 is 20.1 Å². The van der Waals surface area contributed by atoms with Gasteiger partial charge in [-0.15, -0.1) is 0 Å². The summed E-state index contributed by atoms with van der Waals surface area (Å²) in [6.07, 6.45) is 0. The zero-order valence-electron chi connectivity index (χ0n) is 13.9. The zero-order valence-corrected chi connectivity index (χ0v) is 16.3. The minimum atomic E-state index is -0.270. The predicted octanol–water partition coefficient (Wildman–Crippen LogP) is 4.47. The van der Waals surface area contributed by atoms with Crippen LogP contribution in [-0.2, 0) is 5.75 Å². The lowest BCUT2D eigenvalue weighted by Crippen LogP contribution is -2.30. The first-order chi connectivity index (χ1) is 12.6. The third-order valence-electron chi connectivity index (χ3n) is 3.64. The highest BCUT2D eigenvalue weighted by atomic mass is 35.5. The van der Waals surface area contributed by atoms with Crippen molar-refractivity contribution < 1.29 is 13.9 Å². The van der Waals surface area contributed by atoms with Crippen LogP contribution in [0.2, 0.25) is 5.02 Å². The van der Waals surface area contributed by atoms with Crippen LogP contribution in [0.1, 0.15) is 5.56 Å². The van der Waals surface area contributed by atoms with E-state index in [-0.39, 0.29) is 5.82 Å². The average Bonchev–Trinajstić information content (AvgIpc) is 2.63. The number of anilines is 1. The Morgan fingerprint density at radius 2 is 2.00 bits per heavy atom. The molecule has 4 nitrogen and oxygen atoms in total. The van der Waals surface area contributed by atoms with Gasteiger partial charge in [0.05, 0.1) is 0 Å². The predicted molar refractivity (Wildman–Crippen MR) is 109 cm³/mol. The molecule has 0 radical (unpaired) electrons. The molecule has 0 unspecified atom stereocenters. The fourth-order valence-electron chi connectivity index (χ4n) is 2.38. The molecule has 0 atom stereocenters. The van der Waals surface area contributed by atoms with Crippen LogP contribution in [0.25, 0.3) is 0 Å². The Kier molecular flexibility index (Phi) is 6.82. The second-order valence-electron chi connectivity index (χ2n) is 5.49. The quantitative estimate of drug-likeness (QED) is 0.539. The third-order valence-corrected chi connectivity index (χ3v) is 5.23. The summed E-state index contributed by atoms with van der Waals surface area (Å²) in [5.74, 6) is 2.47. The molecule has 1 aliphatic heterocycles. The summed E-state index contributed by atoms with van der Waals surface area (Å²) in [6, 6.07) is 10.3. The van der Waals surface area contributed by atoms with Gasteiger partial charge in [0.15, 0.2) is 16.6 Å². The Morgan fingerprint density at radius 3 is 2.81 bits per heavy atom. The number of hydrogen-bond donors (Lipinski definition) is 2. The lowest BCUT2D eigenvalue weighted by molar-refractivity contribution is 0.171. The van der Waals surface area contributed by atoms with Gasteiger partial charge in [-0.05, 0) is 36.5 Å². The van der Waals surface area contributed by atoms with E-state index in [1.165, 1.54) is 6.07 Å². The van der Waals surface area contributed by atoms with Gasteiger partial charge in [0.1, 0.15) is 19.0 Å². The normalized spacial score (nSPS) is 12.5. The number of halogens is 2. The Labute approximate surface area is 166 Å². The van der Waals surface area contributed by atoms with Crippen molar-refractivity contribution in [2.24, 2.45) is 0 Å². The summed E-state index contributed by atoms with van der Waals surface area (Å²) >= 11 is 12.9. The van der Waals surface area contributed by atoms with Crippen molar-refractivity contribution >= 4 is 46.4 Å². The molecule has 0 aliphatic carbocycles. The van der Waals surface area contributed by atoms with Crippen LogP contribution in [-0.4, -0.2) is 30.6 Å². The van der Waals surface area contributed by atoms with Crippen LogP contribution in [0.3, 0.4) is 0 Å². The SMILES string of the molecule is Fc1cccc(Cl)c1CSCCNC(=S)Nc1ccc2c(c1)OCCO2. The topological polar surface area (TPSA) is 42.5 Å². The van der Waals surface area contributed by atoms with Gasteiger partial charge in [-0.3, -0.25) is 0 Å². The van der Waals surface area contributed by atoms with Crippen molar-refractivity contribution in [2.75, 3.05) is 30.8 Å². The number of fused-ring (bicyclic) bond motifs is 1. The highest BCUT2D eigenvalue weighted by Crippen LogP contribution is 2.32. The smallest absolute Gasteiger partial charge is 0.170 e. The maximum atomic E-state index is 13.7. The minimum Gasteiger partial charge on any atom is -0.486 e. The van der Waals surface area contributed by atoms with Crippen molar-refractivity contribution in [3.63, 3.8) is 0 Å². The van der Waals surface area contributed by atoms with Crippen LogP contribution in [0.5, 0.6) is 11.5 Å². The van der Waals surface area contributed by atoms with E-state index in [0.717, 1.165) is 17.2 Å². The van der Waals surface area contributed by atoms with Crippen LogP contribution >= 0.6 is 35.6 Å². The molecule has 1 heterocycles. The molecule has 8 heteroatoms. The molecule has 0 amide bonds. The fraction of sp³-hybridized carbons (Fsp3) is 0.278. The average molecular weight is 413 g/mol. The molecule has 1 aliphatic rings. The van der Waals surface area contributed by atoms with Crippen LogP contribution in [0.4, 0.5) is 10.1 Å². The zero-order chi connectivity index (χ0) is 18.4. The number of thiocarbonyl (C=S) groups is 1. The highest BCUT2D eigenvalue weighted by molar-refractivity contribution is 7.98. The molecule has 0 fully saturated rings. The highest BCUT2D eigenvalue weighted by Gasteiger charge is 2.12. The Bertz CT molecular complexity index is 772. The van der Waals surface area contributed by atoms with E-state index in [0.29, 0.717) is 47.0 Å². The van der Waals surface area contributed by atoms with E-state index >= 15 is 0 Å². The van der Waals surface area contributed by atoms with Crippen LogP contribution in [0, 0.1) is 5.82 Å². The number of rotatable bonds is 6. The summed E-state index contributed by atoms with van der Waals surface area (Å²) < 4.78 is 24.7. The molecule has 26 heavy (non-hydrogen) atoms. The first-order valence-electron chi connectivity index (χ1n) is 8.08.